The first-order chi connectivity index (χ1) is 8.67. The van der Waals surface area contributed by atoms with Crippen molar-refractivity contribution in [3.8, 4) is 11.4 Å². The highest BCUT2D eigenvalue weighted by Crippen LogP contribution is 2.24. The molecule has 1 heterocycles. The van der Waals surface area contributed by atoms with Gasteiger partial charge in [-0.15, -0.1) is 10.2 Å². The van der Waals surface area contributed by atoms with Crippen LogP contribution in [0.2, 0.25) is 0 Å². The van der Waals surface area contributed by atoms with Crippen LogP contribution in [0.3, 0.4) is 0 Å². The predicted octanol–water partition coefficient (Wildman–Crippen LogP) is 2.84. The topological polar surface area (TPSA) is 42.7 Å². The minimum absolute atomic E-state index is 0.231. The minimum atomic E-state index is -0.231. The Hall–Kier alpha value is -1.91. The fraction of sp³-hybridized carbons (Fsp3) is 0.385. The molecule has 2 rings (SSSR count). The maximum absolute atomic E-state index is 13.1. The summed E-state index contributed by atoms with van der Waals surface area (Å²) in [4.78, 5) is 0. The lowest BCUT2D eigenvalue weighted by Gasteiger charge is -2.09. The molecule has 0 saturated carbocycles. The third-order valence-electron chi connectivity index (χ3n) is 2.83. The Bertz CT molecular complexity index is 548. The molecule has 0 unspecified atom stereocenters. The van der Waals surface area contributed by atoms with Gasteiger partial charge in [-0.25, -0.2) is 4.39 Å². The van der Waals surface area contributed by atoms with Crippen LogP contribution in [-0.2, 0) is 6.54 Å². The number of hydrogen-bond acceptors (Lipinski definition) is 3. The fourth-order valence-electron chi connectivity index (χ4n) is 1.97. The summed E-state index contributed by atoms with van der Waals surface area (Å²) in [7, 11) is 0. The van der Waals surface area contributed by atoms with Crippen molar-refractivity contribution in [2.45, 2.75) is 27.3 Å². The van der Waals surface area contributed by atoms with Crippen LogP contribution in [0, 0.1) is 12.7 Å². The van der Waals surface area contributed by atoms with Crippen molar-refractivity contribution in [3.63, 3.8) is 0 Å². The highest BCUT2D eigenvalue weighted by atomic mass is 19.1. The van der Waals surface area contributed by atoms with Gasteiger partial charge in [0.15, 0.2) is 5.82 Å². The molecule has 1 N–H and O–H groups in total. The van der Waals surface area contributed by atoms with Crippen LogP contribution < -0.4 is 5.32 Å². The van der Waals surface area contributed by atoms with Gasteiger partial charge < -0.3 is 5.32 Å². The van der Waals surface area contributed by atoms with E-state index in [0.29, 0.717) is 0 Å². The zero-order chi connectivity index (χ0) is 13.1. The quantitative estimate of drug-likeness (QED) is 0.904. The lowest BCUT2D eigenvalue weighted by molar-refractivity contribution is 0.626. The molecule has 96 valence electrons. The summed E-state index contributed by atoms with van der Waals surface area (Å²) in [5.41, 5.74) is 1.77. The van der Waals surface area contributed by atoms with E-state index in [0.717, 1.165) is 36.0 Å². The third-order valence-corrected chi connectivity index (χ3v) is 2.83. The predicted molar refractivity (Wildman–Crippen MR) is 70.0 cm³/mol. The van der Waals surface area contributed by atoms with Crippen LogP contribution in [0.15, 0.2) is 18.2 Å². The molecule has 0 bridgehead atoms. The molecular formula is C13H17FN4. The summed E-state index contributed by atoms with van der Waals surface area (Å²) in [6, 6.07) is 4.71. The van der Waals surface area contributed by atoms with E-state index in [1.807, 2.05) is 25.3 Å². The molecular weight excluding hydrogens is 231 g/mol. The van der Waals surface area contributed by atoms with Crippen molar-refractivity contribution in [1.82, 2.24) is 14.8 Å². The van der Waals surface area contributed by atoms with Crippen molar-refractivity contribution in [1.29, 1.82) is 0 Å². The monoisotopic (exact) mass is 248 g/mol. The van der Waals surface area contributed by atoms with Crippen molar-refractivity contribution in [3.05, 3.63) is 29.6 Å². The number of anilines is 1. The van der Waals surface area contributed by atoms with E-state index < -0.39 is 0 Å². The van der Waals surface area contributed by atoms with Gasteiger partial charge in [0, 0.05) is 18.7 Å². The van der Waals surface area contributed by atoms with E-state index in [-0.39, 0.29) is 5.82 Å². The van der Waals surface area contributed by atoms with Crippen LogP contribution >= 0.6 is 0 Å². The molecule has 0 radical (unpaired) electrons. The second-order valence-corrected chi connectivity index (χ2v) is 4.08. The SMILES string of the molecule is CCNc1nnc(-c2ccc(F)cc2C)n1CC. The van der Waals surface area contributed by atoms with E-state index in [4.69, 9.17) is 0 Å². The first kappa shape index (κ1) is 12.5. The maximum atomic E-state index is 13.1. The maximum Gasteiger partial charge on any atom is 0.224 e. The molecule has 1 aromatic heterocycles. The summed E-state index contributed by atoms with van der Waals surface area (Å²) in [5, 5.41) is 11.5. The van der Waals surface area contributed by atoms with Gasteiger partial charge in [-0.3, -0.25) is 4.57 Å². The van der Waals surface area contributed by atoms with E-state index in [1.54, 1.807) is 6.07 Å². The molecule has 0 saturated heterocycles. The molecule has 0 fully saturated rings. The first-order valence-corrected chi connectivity index (χ1v) is 6.11. The normalized spacial score (nSPS) is 10.7. The van der Waals surface area contributed by atoms with Gasteiger partial charge in [0.25, 0.3) is 0 Å². The molecule has 0 aliphatic heterocycles. The Labute approximate surface area is 106 Å². The number of nitrogens with one attached hydrogen (secondary N) is 1. The number of aromatic nitrogens is 3. The molecule has 18 heavy (non-hydrogen) atoms. The molecule has 4 nitrogen and oxygen atoms in total. The van der Waals surface area contributed by atoms with E-state index >= 15 is 0 Å². The number of benzene rings is 1. The Morgan fingerprint density at radius 3 is 2.67 bits per heavy atom. The van der Waals surface area contributed by atoms with Gasteiger partial charge in [0.1, 0.15) is 5.82 Å². The third kappa shape index (κ3) is 2.20. The van der Waals surface area contributed by atoms with Crippen LogP contribution in [0.5, 0.6) is 0 Å². The molecule has 0 atom stereocenters. The molecule has 0 spiro atoms. The average Bonchev–Trinajstić information content (AvgIpc) is 2.72. The second-order valence-electron chi connectivity index (χ2n) is 4.08. The molecule has 5 heteroatoms. The van der Waals surface area contributed by atoms with Crippen LogP contribution in [0.25, 0.3) is 11.4 Å². The zero-order valence-corrected chi connectivity index (χ0v) is 10.9. The minimum Gasteiger partial charge on any atom is -0.355 e. The Morgan fingerprint density at radius 2 is 2.06 bits per heavy atom. The summed E-state index contributed by atoms with van der Waals surface area (Å²) >= 11 is 0. The lowest BCUT2D eigenvalue weighted by atomic mass is 10.1. The standard InChI is InChI=1S/C13H17FN4/c1-4-15-13-17-16-12(18(13)5-2)11-7-6-10(14)8-9(11)3/h6-8H,4-5H2,1-3H3,(H,15,17). The summed E-state index contributed by atoms with van der Waals surface area (Å²) in [5.74, 6) is 1.29. The highest BCUT2D eigenvalue weighted by molar-refractivity contribution is 5.61. The van der Waals surface area contributed by atoms with Crippen LogP contribution in [-0.4, -0.2) is 21.3 Å². The Morgan fingerprint density at radius 1 is 1.28 bits per heavy atom. The summed E-state index contributed by atoms with van der Waals surface area (Å²) < 4.78 is 15.1. The number of aryl methyl sites for hydroxylation is 1. The van der Waals surface area contributed by atoms with Crippen molar-refractivity contribution < 1.29 is 4.39 Å². The lowest BCUT2D eigenvalue weighted by Crippen LogP contribution is -2.07. The largest absolute Gasteiger partial charge is 0.355 e. The van der Waals surface area contributed by atoms with Crippen molar-refractivity contribution >= 4 is 5.95 Å². The first-order valence-electron chi connectivity index (χ1n) is 6.11. The number of nitrogens with zero attached hydrogens (tertiary/aromatic N) is 3. The van der Waals surface area contributed by atoms with Crippen LogP contribution in [0.4, 0.5) is 10.3 Å². The Kier molecular flexibility index (Phi) is 3.60. The van der Waals surface area contributed by atoms with Crippen molar-refractivity contribution in [2.24, 2.45) is 0 Å². The van der Waals surface area contributed by atoms with Gasteiger partial charge >= 0.3 is 0 Å². The smallest absolute Gasteiger partial charge is 0.224 e. The number of hydrogen-bond donors (Lipinski definition) is 1. The second kappa shape index (κ2) is 5.16. The summed E-state index contributed by atoms with van der Waals surface area (Å²) in [6.45, 7) is 7.48. The van der Waals surface area contributed by atoms with Crippen molar-refractivity contribution in [2.75, 3.05) is 11.9 Å². The Balaban J connectivity index is 2.50. The fourth-order valence-corrected chi connectivity index (χ4v) is 1.97. The van der Waals surface area contributed by atoms with Gasteiger partial charge in [0.2, 0.25) is 5.95 Å². The molecule has 0 aliphatic carbocycles. The number of rotatable bonds is 4. The molecule has 0 aliphatic rings. The molecule has 1 aromatic carbocycles. The summed E-state index contributed by atoms with van der Waals surface area (Å²) in [6.07, 6.45) is 0. The average molecular weight is 248 g/mol. The van der Waals surface area contributed by atoms with Gasteiger partial charge in [-0.1, -0.05) is 0 Å². The van der Waals surface area contributed by atoms with Crippen LogP contribution in [0.1, 0.15) is 19.4 Å². The highest BCUT2D eigenvalue weighted by Gasteiger charge is 2.13. The van der Waals surface area contributed by atoms with Gasteiger partial charge in [-0.05, 0) is 44.5 Å². The van der Waals surface area contributed by atoms with Gasteiger partial charge in [0.05, 0.1) is 0 Å². The van der Waals surface area contributed by atoms with E-state index in [1.165, 1.54) is 12.1 Å². The molecule has 0 amide bonds. The van der Waals surface area contributed by atoms with E-state index in [9.17, 15) is 4.39 Å². The van der Waals surface area contributed by atoms with E-state index in [2.05, 4.69) is 15.5 Å². The zero-order valence-electron chi connectivity index (χ0n) is 10.9. The molecule has 2 aromatic rings. The number of halogens is 1. The van der Waals surface area contributed by atoms with Gasteiger partial charge in [-0.2, -0.15) is 0 Å².